The van der Waals surface area contributed by atoms with Crippen LogP contribution in [-0.4, -0.2) is 50.5 Å². The van der Waals surface area contributed by atoms with Crippen LogP contribution in [0.5, 0.6) is 11.6 Å². The van der Waals surface area contributed by atoms with Crippen molar-refractivity contribution < 1.29 is 18.7 Å². The molecule has 11 heteroatoms. The fourth-order valence-corrected chi connectivity index (χ4v) is 4.86. The molecule has 37 heavy (non-hydrogen) atoms. The van der Waals surface area contributed by atoms with E-state index in [4.69, 9.17) is 4.74 Å². The molecular weight excluding hydrogens is 495 g/mol. The van der Waals surface area contributed by atoms with E-state index in [1.807, 2.05) is 24.5 Å². The number of fused-ring (bicyclic) bond motifs is 1. The van der Waals surface area contributed by atoms with Gasteiger partial charge in [0.25, 0.3) is 11.8 Å². The fraction of sp³-hybridized carbons (Fsp3) is 0.269. The van der Waals surface area contributed by atoms with Gasteiger partial charge in [0.2, 0.25) is 5.88 Å². The molecule has 9 nitrogen and oxygen atoms in total. The quantitative estimate of drug-likeness (QED) is 0.307. The Labute approximate surface area is 216 Å². The first-order valence-corrected chi connectivity index (χ1v) is 13.1. The molecule has 3 N–H and O–H groups in total. The first-order valence-electron chi connectivity index (χ1n) is 11.9. The summed E-state index contributed by atoms with van der Waals surface area (Å²) in [5.74, 6) is -0.709. The molecule has 0 unspecified atom stereocenters. The number of nitrogens with one attached hydrogen (secondary N) is 3. The monoisotopic (exact) mass is 520 g/mol. The summed E-state index contributed by atoms with van der Waals surface area (Å²) in [6.45, 7) is 0. The number of benzene rings is 2. The number of para-hydroxylation sites is 1. The number of pyridine rings is 1. The summed E-state index contributed by atoms with van der Waals surface area (Å²) in [6.07, 6.45) is 5.70. The molecule has 5 rings (SSSR count). The van der Waals surface area contributed by atoms with E-state index in [1.165, 1.54) is 0 Å². The Morgan fingerprint density at radius 2 is 1.70 bits per heavy atom. The van der Waals surface area contributed by atoms with Gasteiger partial charge in [-0.3, -0.25) is 14.7 Å². The number of ether oxygens (including phenoxy) is 1. The third kappa shape index (κ3) is 5.72. The average molecular weight is 521 g/mol. The molecule has 1 aliphatic rings. The van der Waals surface area contributed by atoms with Crippen molar-refractivity contribution in [2.45, 2.75) is 42.7 Å². The first kappa shape index (κ1) is 24.7. The predicted molar refractivity (Wildman–Crippen MR) is 137 cm³/mol. The van der Waals surface area contributed by atoms with Gasteiger partial charge in [0.1, 0.15) is 22.6 Å². The lowest BCUT2D eigenvalue weighted by Gasteiger charge is -2.29. The SMILES string of the molecule is CSc1cccc(Oc2ncc(F)cc2C(=O)NC2CCC(NC(=O)c3cccc4nn[nH]c34)CC2)c1. The minimum Gasteiger partial charge on any atom is -0.438 e. The van der Waals surface area contributed by atoms with Crippen molar-refractivity contribution in [1.29, 1.82) is 0 Å². The molecule has 0 radical (unpaired) electrons. The number of thioether (sulfide) groups is 1. The molecule has 1 fully saturated rings. The van der Waals surface area contributed by atoms with E-state index >= 15 is 0 Å². The van der Waals surface area contributed by atoms with Crippen LogP contribution < -0.4 is 15.4 Å². The maximum atomic E-state index is 14.0. The minimum absolute atomic E-state index is 0.0229. The third-order valence-corrected chi connectivity index (χ3v) is 7.05. The number of aromatic nitrogens is 4. The Bertz CT molecular complexity index is 1440. The highest BCUT2D eigenvalue weighted by Crippen LogP contribution is 2.28. The second kappa shape index (κ2) is 11.0. The number of carbonyl (C=O) groups is 2. The van der Waals surface area contributed by atoms with Gasteiger partial charge in [-0.1, -0.05) is 17.3 Å². The zero-order chi connectivity index (χ0) is 25.8. The molecule has 0 aliphatic heterocycles. The van der Waals surface area contributed by atoms with Crippen molar-refractivity contribution in [3.63, 3.8) is 0 Å². The van der Waals surface area contributed by atoms with Crippen LogP contribution in [0.2, 0.25) is 0 Å². The van der Waals surface area contributed by atoms with Gasteiger partial charge in [0.15, 0.2) is 0 Å². The van der Waals surface area contributed by atoms with Gasteiger partial charge in [-0.2, -0.15) is 0 Å². The first-order chi connectivity index (χ1) is 18.0. The van der Waals surface area contributed by atoms with E-state index in [9.17, 15) is 14.0 Å². The molecule has 2 heterocycles. The van der Waals surface area contributed by atoms with E-state index in [1.54, 1.807) is 36.0 Å². The van der Waals surface area contributed by atoms with Crippen molar-refractivity contribution in [3.8, 4) is 11.6 Å². The summed E-state index contributed by atoms with van der Waals surface area (Å²) in [5.41, 5.74) is 1.76. The fourth-order valence-electron chi connectivity index (χ4n) is 4.41. The summed E-state index contributed by atoms with van der Waals surface area (Å²) in [5, 5.41) is 16.5. The minimum atomic E-state index is -0.621. The summed E-state index contributed by atoms with van der Waals surface area (Å²) >= 11 is 1.56. The molecule has 0 bridgehead atoms. The van der Waals surface area contributed by atoms with Crippen LogP contribution in [0.25, 0.3) is 11.0 Å². The number of hydrogen-bond donors (Lipinski definition) is 3. The topological polar surface area (TPSA) is 122 Å². The standard InChI is InChI=1S/C26H25FN6O3S/c1-37-19-5-2-4-18(13-19)36-26-21(12-15(27)14-28-26)25(35)30-17-10-8-16(9-11-17)29-24(34)20-6-3-7-22-23(20)32-33-31-22/h2-7,12-14,16-17H,8-11H2,1H3,(H,29,34)(H,30,35)(H,31,32,33). The normalized spacial score (nSPS) is 17.4. The van der Waals surface area contributed by atoms with Crippen LogP contribution in [0.15, 0.2) is 59.6 Å². The lowest BCUT2D eigenvalue weighted by atomic mass is 9.90. The van der Waals surface area contributed by atoms with E-state index in [0.29, 0.717) is 48.0 Å². The molecule has 1 saturated carbocycles. The second-order valence-corrected chi connectivity index (χ2v) is 9.67. The lowest BCUT2D eigenvalue weighted by molar-refractivity contribution is 0.0890. The summed E-state index contributed by atoms with van der Waals surface area (Å²) in [7, 11) is 0. The van der Waals surface area contributed by atoms with E-state index in [2.05, 4.69) is 31.0 Å². The van der Waals surface area contributed by atoms with Gasteiger partial charge in [-0.15, -0.1) is 16.9 Å². The Morgan fingerprint density at radius 1 is 1.00 bits per heavy atom. The summed E-state index contributed by atoms with van der Waals surface area (Å²) in [4.78, 5) is 30.9. The van der Waals surface area contributed by atoms with Crippen LogP contribution in [0.4, 0.5) is 4.39 Å². The molecule has 0 saturated heterocycles. The number of carbonyl (C=O) groups excluding carboxylic acids is 2. The number of nitrogens with zero attached hydrogens (tertiary/aromatic N) is 3. The summed E-state index contributed by atoms with van der Waals surface area (Å²) < 4.78 is 19.8. The Morgan fingerprint density at radius 3 is 2.43 bits per heavy atom. The number of H-pyrrole nitrogens is 1. The van der Waals surface area contributed by atoms with Gasteiger partial charge in [0, 0.05) is 17.0 Å². The maximum Gasteiger partial charge on any atom is 0.257 e. The second-order valence-electron chi connectivity index (χ2n) is 8.79. The lowest BCUT2D eigenvalue weighted by Crippen LogP contribution is -2.44. The number of halogens is 1. The van der Waals surface area contributed by atoms with E-state index in [-0.39, 0.29) is 29.4 Å². The van der Waals surface area contributed by atoms with Gasteiger partial charge in [-0.25, -0.2) is 9.37 Å². The van der Waals surface area contributed by atoms with Crippen LogP contribution in [0, 0.1) is 5.82 Å². The van der Waals surface area contributed by atoms with Gasteiger partial charge in [-0.05, 0) is 68.3 Å². The van der Waals surface area contributed by atoms with E-state index in [0.717, 1.165) is 17.2 Å². The number of aromatic amines is 1. The predicted octanol–water partition coefficient (Wildman–Crippen LogP) is 4.48. The molecule has 190 valence electrons. The van der Waals surface area contributed by atoms with Crippen molar-refractivity contribution in [2.75, 3.05) is 6.26 Å². The molecule has 0 spiro atoms. The Hall–Kier alpha value is -3.99. The molecule has 2 aromatic carbocycles. The number of rotatable bonds is 7. The Balaban J connectivity index is 1.19. The Kier molecular flexibility index (Phi) is 7.31. The van der Waals surface area contributed by atoms with Gasteiger partial charge in [0.05, 0.1) is 17.3 Å². The van der Waals surface area contributed by atoms with E-state index < -0.39 is 11.7 Å². The highest BCUT2D eigenvalue weighted by Gasteiger charge is 2.26. The van der Waals surface area contributed by atoms with Crippen LogP contribution in [0.1, 0.15) is 46.4 Å². The van der Waals surface area contributed by atoms with Crippen molar-refractivity contribution in [3.05, 3.63) is 71.7 Å². The van der Waals surface area contributed by atoms with Crippen LogP contribution >= 0.6 is 11.8 Å². The van der Waals surface area contributed by atoms with Gasteiger partial charge < -0.3 is 15.4 Å². The number of amides is 2. The van der Waals surface area contributed by atoms with Crippen LogP contribution in [-0.2, 0) is 0 Å². The van der Waals surface area contributed by atoms with Crippen molar-refractivity contribution in [2.24, 2.45) is 0 Å². The zero-order valence-electron chi connectivity index (χ0n) is 20.0. The zero-order valence-corrected chi connectivity index (χ0v) is 20.8. The molecule has 1 aliphatic carbocycles. The number of hydrogen-bond acceptors (Lipinski definition) is 7. The molecule has 0 atom stereocenters. The van der Waals surface area contributed by atoms with Gasteiger partial charge >= 0.3 is 0 Å². The third-order valence-electron chi connectivity index (χ3n) is 6.32. The average Bonchev–Trinajstić information content (AvgIpc) is 3.40. The molecule has 2 amide bonds. The van der Waals surface area contributed by atoms with Crippen molar-refractivity contribution in [1.82, 2.24) is 31.0 Å². The highest BCUT2D eigenvalue weighted by molar-refractivity contribution is 7.98. The maximum absolute atomic E-state index is 14.0. The summed E-state index contributed by atoms with van der Waals surface area (Å²) in [6, 6.07) is 13.6. The molecular formula is C26H25FN6O3S. The van der Waals surface area contributed by atoms with Crippen molar-refractivity contribution >= 4 is 34.6 Å². The molecule has 4 aromatic rings. The van der Waals surface area contributed by atoms with Crippen LogP contribution in [0.3, 0.4) is 0 Å². The highest BCUT2D eigenvalue weighted by atomic mass is 32.2. The molecule has 2 aromatic heterocycles. The largest absolute Gasteiger partial charge is 0.438 e. The smallest absolute Gasteiger partial charge is 0.257 e.